The summed E-state index contributed by atoms with van der Waals surface area (Å²) in [5.74, 6) is 0.428. The van der Waals surface area contributed by atoms with E-state index in [1.165, 1.54) is 12.1 Å². The number of anilines is 1. The highest BCUT2D eigenvalue weighted by atomic mass is 16.6. The molecule has 0 radical (unpaired) electrons. The maximum atomic E-state index is 12.2. The first-order valence-corrected chi connectivity index (χ1v) is 10.0. The Morgan fingerprint density at radius 1 is 1.14 bits per heavy atom. The molecule has 1 aromatic rings. The number of ether oxygens (including phenoxy) is 2. The smallest absolute Gasteiger partial charge is 0.314 e. The molecule has 0 aliphatic carbocycles. The van der Waals surface area contributed by atoms with Crippen molar-refractivity contribution in [3.05, 3.63) is 34.4 Å². The van der Waals surface area contributed by atoms with Crippen LogP contribution in [0, 0.1) is 16.0 Å². The molecule has 0 aromatic heterocycles. The molecule has 2 heterocycles. The van der Waals surface area contributed by atoms with E-state index in [1.807, 2.05) is 0 Å². The molecule has 160 valence electrons. The van der Waals surface area contributed by atoms with E-state index in [2.05, 4.69) is 20.9 Å². The largest absolute Gasteiger partial charge is 0.383 e. The second kappa shape index (κ2) is 10.9. The minimum Gasteiger partial charge on any atom is -0.383 e. The van der Waals surface area contributed by atoms with E-state index in [-0.39, 0.29) is 17.8 Å². The van der Waals surface area contributed by atoms with Crippen molar-refractivity contribution in [1.82, 2.24) is 15.5 Å². The third kappa shape index (κ3) is 6.55. The molecule has 2 amide bonds. The second-order valence-corrected chi connectivity index (χ2v) is 7.21. The summed E-state index contributed by atoms with van der Waals surface area (Å²) in [6.07, 6.45) is 1.02. The highest BCUT2D eigenvalue weighted by Gasteiger charge is 2.31. The lowest BCUT2D eigenvalue weighted by Crippen LogP contribution is -2.53. The van der Waals surface area contributed by atoms with Crippen LogP contribution in [0.15, 0.2) is 24.3 Å². The lowest BCUT2D eigenvalue weighted by Gasteiger charge is -2.37. The van der Waals surface area contributed by atoms with Crippen LogP contribution in [0.2, 0.25) is 0 Å². The zero-order valence-corrected chi connectivity index (χ0v) is 16.5. The summed E-state index contributed by atoms with van der Waals surface area (Å²) >= 11 is 0. The van der Waals surface area contributed by atoms with Crippen LogP contribution in [-0.4, -0.2) is 81.0 Å². The van der Waals surface area contributed by atoms with Crippen molar-refractivity contribution in [2.75, 3.05) is 64.5 Å². The number of urea groups is 1. The fourth-order valence-corrected chi connectivity index (χ4v) is 3.70. The van der Waals surface area contributed by atoms with E-state index in [0.29, 0.717) is 25.6 Å². The Morgan fingerprint density at radius 3 is 2.55 bits per heavy atom. The minimum absolute atomic E-state index is 0.0514. The zero-order valence-electron chi connectivity index (χ0n) is 16.5. The zero-order chi connectivity index (χ0) is 20.5. The van der Waals surface area contributed by atoms with Crippen molar-refractivity contribution in [3.63, 3.8) is 0 Å². The van der Waals surface area contributed by atoms with Crippen LogP contribution in [0.3, 0.4) is 0 Å². The maximum absolute atomic E-state index is 12.2. The lowest BCUT2D eigenvalue weighted by atomic mass is 9.97. The Balaban J connectivity index is 1.37. The fourth-order valence-electron chi connectivity index (χ4n) is 3.70. The van der Waals surface area contributed by atoms with Gasteiger partial charge in [-0.05, 0) is 18.6 Å². The second-order valence-electron chi connectivity index (χ2n) is 7.21. The van der Waals surface area contributed by atoms with Crippen LogP contribution < -0.4 is 16.0 Å². The fraction of sp³-hybridized carbons (Fsp3) is 0.632. The molecule has 0 bridgehead atoms. The van der Waals surface area contributed by atoms with Crippen LogP contribution in [0.25, 0.3) is 0 Å². The molecule has 2 saturated heterocycles. The van der Waals surface area contributed by atoms with Crippen molar-refractivity contribution in [2.24, 2.45) is 5.92 Å². The standard InChI is InChI=1S/C19H29N5O5/c25-19(21-7-6-20-16-1-3-17(4-2-16)24(26)27)22-13-18(15-5-10-29-14-15)23-8-11-28-12-9-23/h1-4,15,18,20H,5-14H2,(H2,21,22,25)/t15-,18+/m0/s1. The molecule has 0 saturated carbocycles. The molecule has 3 rings (SSSR count). The van der Waals surface area contributed by atoms with Gasteiger partial charge in [0.05, 0.1) is 24.7 Å². The molecular weight excluding hydrogens is 378 g/mol. The first kappa shape index (κ1) is 21.3. The molecule has 2 fully saturated rings. The number of amides is 2. The number of rotatable bonds is 9. The molecule has 2 aliphatic heterocycles. The molecular formula is C19H29N5O5. The number of nitrogens with one attached hydrogen (secondary N) is 3. The van der Waals surface area contributed by atoms with Crippen molar-refractivity contribution in [2.45, 2.75) is 12.5 Å². The van der Waals surface area contributed by atoms with E-state index < -0.39 is 4.92 Å². The van der Waals surface area contributed by atoms with E-state index >= 15 is 0 Å². The van der Waals surface area contributed by atoms with Crippen LogP contribution >= 0.6 is 0 Å². The molecule has 2 aliphatic rings. The topological polar surface area (TPSA) is 118 Å². The van der Waals surface area contributed by atoms with Crippen molar-refractivity contribution < 1.29 is 19.2 Å². The van der Waals surface area contributed by atoms with Gasteiger partial charge in [-0.15, -0.1) is 0 Å². The van der Waals surface area contributed by atoms with Gasteiger partial charge in [0.25, 0.3) is 5.69 Å². The van der Waals surface area contributed by atoms with Gasteiger partial charge in [-0.3, -0.25) is 15.0 Å². The summed E-state index contributed by atoms with van der Waals surface area (Å²) < 4.78 is 11.0. The Hall–Kier alpha value is -2.43. The summed E-state index contributed by atoms with van der Waals surface area (Å²) in [4.78, 5) is 24.8. The maximum Gasteiger partial charge on any atom is 0.314 e. The van der Waals surface area contributed by atoms with E-state index in [4.69, 9.17) is 9.47 Å². The third-order valence-corrected chi connectivity index (χ3v) is 5.31. The van der Waals surface area contributed by atoms with Gasteiger partial charge >= 0.3 is 6.03 Å². The third-order valence-electron chi connectivity index (χ3n) is 5.31. The predicted octanol–water partition coefficient (Wildman–Crippen LogP) is 1.04. The van der Waals surface area contributed by atoms with Crippen molar-refractivity contribution in [1.29, 1.82) is 0 Å². The Morgan fingerprint density at radius 2 is 1.90 bits per heavy atom. The summed E-state index contributed by atoms with van der Waals surface area (Å²) in [5, 5.41) is 19.6. The molecule has 1 aromatic carbocycles. The summed E-state index contributed by atoms with van der Waals surface area (Å²) in [6.45, 7) is 6.28. The van der Waals surface area contributed by atoms with E-state index in [0.717, 1.165) is 51.6 Å². The molecule has 2 atom stereocenters. The SMILES string of the molecule is O=C(NCCNc1ccc([N+](=O)[O-])cc1)NC[C@H]([C@H]1CCOC1)N1CCOCC1. The van der Waals surface area contributed by atoms with Crippen LogP contribution in [-0.2, 0) is 9.47 Å². The van der Waals surface area contributed by atoms with E-state index in [1.54, 1.807) is 12.1 Å². The van der Waals surface area contributed by atoms with Crippen LogP contribution in [0.5, 0.6) is 0 Å². The van der Waals surface area contributed by atoms with Gasteiger partial charge in [0, 0.05) is 69.1 Å². The summed E-state index contributed by atoms with van der Waals surface area (Å²) in [7, 11) is 0. The molecule has 10 nitrogen and oxygen atoms in total. The monoisotopic (exact) mass is 407 g/mol. The first-order valence-electron chi connectivity index (χ1n) is 10.0. The van der Waals surface area contributed by atoms with Crippen LogP contribution in [0.4, 0.5) is 16.2 Å². The highest BCUT2D eigenvalue weighted by Crippen LogP contribution is 2.21. The van der Waals surface area contributed by atoms with Crippen molar-refractivity contribution in [3.8, 4) is 0 Å². The Bertz CT molecular complexity index is 659. The Labute approximate surface area is 170 Å². The number of nitro benzene ring substituents is 1. The number of carbonyl (C=O) groups excluding carboxylic acids is 1. The average Bonchev–Trinajstić information content (AvgIpc) is 3.27. The van der Waals surface area contributed by atoms with E-state index in [9.17, 15) is 14.9 Å². The number of nitro groups is 1. The summed E-state index contributed by atoms with van der Waals surface area (Å²) in [5.41, 5.74) is 0.821. The number of non-ortho nitro benzene ring substituents is 1. The number of morpholine rings is 1. The predicted molar refractivity (Wildman–Crippen MR) is 108 cm³/mol. The lowest BCUT2D eigenvalue weighted by molar-refractivity contribution is -0.384. The number of hydrogen-bond acceptors (Lipinski definition) is 7. The first-order chi connectivity index (χ1) is 14.1. The number of hydrogen-bond donors (Lipinski definition) is 3. The van der Waals surface area contributed by atoms with Gasteiger partial charge in [0.1, 0.15) is 0 Å². The molecule has 3 N–H and O–H groups in total. The number of benzene rings is 1. The summed E-state index contributed by atoms with van der Waals surface area (Å²) in [6, 6.07) is 6.24. The van der Waals surface area contributed by atoms with Gasteiger partial charge in [0.15, 0.2) is 0 Å². The normalized spacial score (nSPS) is 20.8. The quantitative estimate of drug-likeness (QED) is 0.318. The van der Waals surface area contributed by atoms with Gasteiger partial charge in [-0.2, -0.15) is 0 Å². The average molecular weight is 407 g/mol. The van der Waals surface area contributed by atoms with Gasteiger partial charge in [-0.1, -0.05) is 0 Å². The molecule has 0 spiro atoms. The van der Waals surface area contributed by atoms with Crippen LogP contribution in [0.1, 0.15) is 6.42 Å². The van der Waals surface area contributed by atoms with Gasteiger partial charge in [0.2, 0.25) is 0 Å². The van der Waals surface area contributed by atoms with Gasteiger partial charge in [-0.25, -0.2) is 4.79 Å². The number of carbonyl (C=O) groups is 1. The highest BCUT2D eigenvalue weighted by molar-refractivity contribution is 5.73. The van der Waals surface area contributed by atoms with Crippen molar-refractivity contribution >= 4 is 17.4 Å². The minimum atomic E-state index is -0.433. The van der Waals surface area contributed by atoms with Gasteiger partial charge < -0.3 is 25.4 Å². The Kier molecular flexibility index (Phi) is 8.03. The number of nitrogens with zero attached hydrogens (tertiary/aromatic N) is 2. The molecule has 0 unspecified atom stereocenters. The molecule has 29 heavy (non-hydrogen) atoms. The molecule has 10 heteroatoms.